The van der Waals surface area contributed by atoms with E-state index in [2.05, 4.69) is 59.4 Å². The molecule has 94 valence electrons. The summed E-state index contributed by atoms with van der Waals surface area (Å²) in [6, 6.07) is 11.1. The quantitative estimate of drug-likeness (QED) is 0.608. The maximum atomic E-state index is 3.89. The van der Waals surface area contributed by atoms with E-state index in [9.17, 15) is 0 Å². The molecule has 0 bridgehead atoms. The van der Waals surface area contributed by atoms with Gasteiger partial charge in [-0.1, -0.05) is 59.4 Å². The molecule has 0 fully saturated rings. The lowest BCUT2D eigenvalue weighted by molar-refractivity contribution is 0.997. The first-order valence-electron chi connectivity index (χ1n) is 6.39. The summed E-state index contributed by atoms with van der Waals surface area (Å²) < 4.78 is 1.15. The Morgan fingerprint density at radius 1 is 0.789 bits per heavy atom. The van der Waals surface area contributed by atoms with Gasteiger partial charge in [-0.05, 0) is 58.4 Å². The Kier molecular flexibility index (Phi) is 3.16. The predicted octanol–water partition coefficient (Wildman–Crippen LogP) is 5.23. The van der Waals surface area contributed by atoms with E-state index in [1.807, 2.05) is 12.2 Å². The van der Waals surface area contributed by atoms with E-state index < -0.39 is 0 Å². The van der Waals surface area contributed by atoms with Gasteiger partial charge in [-0.25, -0.2) is 0 Å². The summed E-state index contributed by atoms with van der Waals surface area (Å²) in [5, 5.41) is 0. The molecule has 1 heteroatoms. The second-order valence-electron chi connectivity index (χ2n) is 4.92. The topological polar surface area (TPSA) is 0 Å². The van der Waals surface area contributed by atoms with E-state index in [0.717, 1.165) is 17.3 Å². The molecule has 0 atom stereocenters. The van der Waals surface area contributed by atoms with Gasteiger partial charge in [0.2, 0.25) is 0 Å². The van der Waals surface area contributed by atoms with E-state index >= 15 is 0 Å². The number of halogens is 1. The third-order valence-electron chi connectivity index (χ3n) is 3.78. The zero-order valence-corrected chi connectivity index (χ0v) is 12.3. The van der Waals surface area contributed by atoms with Gasteiger partial charge in [0.05, 0.1) is 0 Å². The molecule has 0 saturated carbocycles. The third-order valence-corrected chi connectivity index (χ3v) is 4.27. The van der Waals surface area contributed by atoms with Crippen LogP contribution in [-0.4, -0.2) is 0 Å². The molecule has 0 radical (unpaired) electrons. The number of rotatable bonds is 2. The van der Waals surface area contributed by atoms with E-state index in [0.29, 0.717) is 0 Å². The van der Waals surface area contributed by atoms with Crippen molar-refractivity contribution in [3.8, 4) is 0 Å². The average molecular weight is 311 g/mol. The SMILES string of the molecule is C=Cc1cc2c(cc1C=C)Cc1cc(Br)ccc1C2. The summed E-state index contributed by atoms with van der Waals surface area (Å²) in [5.74, 6) is 0. The molecule has 2 aromatic rings. The van der Waals surface area contributed by atoms with Crippen LogP contribution >= 0.6 is 15.9 Å². The molecule has 2 aromatic carbocycles. The molecule has 0 aromatic heterocycles. The summed E-state index contributed by atoms with van der Waals surface area (Å²) in [6.07, 6.45) is 5.83. The van der Waals surface area contributed by atoms with Gasteiger partial charge in [-0.15, -0.1) is 0 Å². The Morgan fingerprint density at radius 3 is 1.89 bits per heavy atom. The maximum Gasteiger partial charge on any atom is 0.0178 e. The van der Waals surface area contributed by atoms with Crippen LogP contribution < -0.4 is 0 Å². The second-order valence-corrected chi connectivity index (χ2v) is 5.84. The van der Waals surface area contributed by atoms with Crippen LogP contribution in [0.4, 0.5) is 0 Å². The monoisotopic (exact) mass is 310 g/mol. The minimum Gasteiger partial charge on any atom is -0.0984 e. The van der Waals surface area contributed by atoms with Gasteiger partial charge in [0.25, 0.3) is 0 Å². The highest BCUT2D eigenvalue weighted by atomic mass is 79.9. The summed E-state index contributed by atoms with van der Waals surface area (Å²) >= 11 is 3.55. The predicted molar refractivity (Wildman–Crippen MR) is 86.4 cm³/mol. The highest BCUT2D eigenvalue weighted by molar-refractivity contribution is 9.10. The van der Waals surface area contributed by atoms with E-state index in [1.165, 1.54) is 33.4 Å². The smallest absolute Gasteiger partial charge is 0.0178 e. The van der Waals surface area contributed by atoms with Gasteiger partial charge in [0.15, 0.2) is 0 Å². The Morgan fingerprint density at radius 2 is 1.32 bits per heavy atom. The van der Waals surface area contributed by atoms with Crippen molar-refractivity contribution in [3.63, 3.8) is 0 Å². The Balaban J connectivity index is 2.12. The van der Waals surface area contributed by atoms with Crippen molar-refractivity contribution in [2.45, 2.75) is 12.8 Å². The van der Waals surface area contributed by atoms with Crippen molar-refractivity contribution in [1.29, 1.82) is 0 Å². The highest BCUT2D eigenvalue weighted by Gasteiger charge is 2.16. The van der Waals surface area contributed by atoms with E-state index in [1.54, 1.807) is 0 Å². The van der Waals surface area contributed by atoms with Gasteiger partial charge < -0.3 is 0 Å². The van der Waals surface area contributed by atoms with E-state index in [4.69, 9.17) is 0 Å². The van der Waals surface area contributed by atoms with Crippen molar-refractivity contribution < 1.29 is 0 Å². The summed E-state index contributed by atoms with van der Waals surface area (Å²) in [5.41, 5.74) is 8.02. The second kappa shape index (κ2) is 4.82. The van der Waals surface area contributed by atoms with Crippen LogP contribution in [0.15, 0.2) is 48.0 Å². The number of hydrogen-bond donors (Lipinski definition) is 0. The molecule has 0 unspecified atom stereocenters. The normalized spacial score (nSPS) is 12.5. The fraction of sp³-hybridized carbons (Fsp3) is 0.111. The van der Waals surface area contributed by atoms with Gasteiger partial charge >= 0.3 is 0 Å². The van der Waals surface area contributed by atoms with Crippen LogP contribution in [0.1, 0.15) is 33.4 Å². The standard InChI is InChI=1S/C18H15Br/c1-3-12-7-15-9-14-5-6-18(19)11-17(14)10-16(15)8-13(12)4-2/h3-8,11H,1-2,9-10H2. The molecule has 0 nitrogen and oxygen atoms in total. The van der Waals surface area contributed by atoms with Crippen molar-refractivity contribution in [2.24, 2.45) is 0 Å². The lowest BCUT2D eigenvalue weighted by Gasteiger charge is -2.21. The van der Waals surface area contributed by atoms with Crippen LogP contribution in [0.3, 0.4) is 0 Å². The van der Waals surface area contributed by atoms with E-state index in [-0.39, 0.29) is 0 Å². The van der Waals surface area contributed by atoms with Crippen LogP contribution in [0.2, 0.25) is 0 Å². The largest absolute Gasteiger partial charge is 0.0984 e. The number of hydrogen-bond acceptors (Lipinski definition) is 0. The van der Waals surface area contributed by atoms with Crippen molar-refractivity contribution in [3.05, 3.63) is 81.3 Å². The average Bonchev–Trinajstić information content (AvgIpc) is 2.43. The molecule has 0 N–H and O–H groups in total. The first-order valence-corrected chi connectivity index (χ1v) is 7.18. The molecular weight excluding hydrogens is 296 g/mol. The number of benzene rings is 2. The maximum absolute atomic E-state index is 3.89. The lowest BCUT2D eigenvalue weighted by atomic mass is 9.84. The van der Waals surface area contributed by atoms with Gasteiger partial charge in [0, 0.05) is 4.47 Å². The minimum absolute atomic E-state index is 1.00. The van der Waals surface area contributed by atoms with Gasteiger partial charge in [-0.3, -0.25) is 0 Å². The highest BCUT2D eigenvalue weighted by Crippen LogP contribution is 2.31. The first-order chi connectivity index (χ1) is 9.21. The molecule has 0 amide bonds. The van der Waals surface area contributed by atoms with Crippen molar-refractivity contribution in [1.82, 2.24) is 0 Å². The Bertz CT molecular complexity index is 680. The summed E-state index contributed by atoms with van der Waals surface area (Å²) in [7, 11) is 0. The lowest BCUT2D eigenvalue weighted by Crippen LogP contribution is -2.08. The van der Waals surface area contributed by atoms with Crippen LogP contribution in [0, 0.1) is 0 Å². The van der Waals surface area contributed by atoms with Crippen molar-refractivity contribution >= 4 is 28.1 Å². The summed E-state index contributed by atoms with van der Waals surface area (Å²) in [4.78, 5) is 0. The Hall–Kier alpha value is -1.60. The molecule has 0 aliphatic heterocycles. The molecule has 0 spiro atoms. The minimum atomic E-state index is 1.00. The molecule has 0 saturated heterocycles. The van der Waals surface area contributed by atoms with Crippen LogP contribution in [-0.2, 0) is 12.8 Å². The zero-order valence-electron chi connectivity index (χ0n) is 10.7. The third kappa shape index (κ3) is 2.19. The summed E-state index contributed by atoms with van der Waals surface area (Å²) in [6.45, 7) is 7.78. The molecule has 1 aliphatic rings. The molecule has 19 heavy (non-hydrogen) atoms. The first kappa shape index (κ1) is 12.4. The van der Waals surface area contributed by atoms with Gasteiger partial charge in [0.1, 0.15) is 0 Å². The molecular formula is C18H15Br. The Labute approximate surface area is 122 Å². The molecule has 3 rings (SSSR count). The fourth-order valence-electron chi connectivity index (χ4n) is 2.75. The fourth-order valence-corrected chi connectivity index (χ4v) is 3.16. The van der Waals surface area contributed by atoms with Gasteiger partial charge in [-0.2, -0.15) is 0 Å². The molecule has 1 aliphatic carbocycles. The zero-order chi connectivity index (χ0) is 13.4. The van der Waals surface area contributed by atoms with Crippen molar-refractivity contribution in [2.75, 3.05) is 0 Å². The molecule has 0 heterocycles. The van der Waals surface area contributed by atoms with Crippen LogP contribution in [0.25, 0.3) is 12.2 Å². The number of fused-ring (bicyclic) bond motifs is 2. The van der Waals surface area contributed by atoms with Crippen LogP contribution in [0.5, 0.6) is 0 Å².